The van der Waals surface area contributed by atoms with E-state index in [2.05, 4.69) is 5.32 Å². The van der Waals surface area contributed by atoms with E-state index in [0.29, 0.717) is 5.56 Å². The first-order chi connectivity index (χ1) is 11.0. The zero-order chi connectivity index (χ0) is 16.8. The number of aliphatic hydroxyl groups excluding tert-OH is 1. The molecule has 2 aromatic rings. The third-order valence-electron chi connectivity index (χ3n) is 3.39. The Kier molecular flexibility index (Phi) is 6.45. The molecule has 2 rings (SSSR count). The van der Waals surface area contributed by atoms with Crippen molar-refractivity contribution in [2.45, 2.75) is 17.4 Å². The van der Waals surface area contributed by atoms with Crippen LogP contribution in [0, 0.1) is 5.82 Å². The maximum atomic E-state index is 13.6. The Morgan fingerprint density at radius 3 is 2.61 bits per heavy atom. The van der Waals surface area contributed by atoms with Gasteiger partial charge in [0.1, 0.15) is 5.82 Å². The van der Waals surface area contributed by atoms with Crippen LogP contribution in [0.25, 0.3) is 0 Å². The minimum atomic E-state index is -0.814. The van der Waals surface area contributed by atoms with Gasteiger partial charge < -0.3 is 10.4 Å². The zero-order valence-electron chi connectivity index (χ0n) is 12.6. The van der Waals surface area contributed by atoms with E-state index in [9.17, 15) is 14.3 Å². The molecule has 6 heteroatoms. The van der Waals surface area contributed by atoms with Crippen LogP contribution in [0.1, 0.15) is 17.2 Å². The molecule has 2 aromatic carbocycles. The molecule has 0 saturated heterocycles. The minimum Gasteiger partial charge on any atom is -0.387 e. The summed E-state index contributed by atoms with van der Waals surface area (Å²) in [5.74, 6) is -0.905. The van der Waals surface area contributed by atoms with E-state index in [0.717, 1.165) is 4.90 Å². The van der Waals surface area contributed by atoms with Crippen LogP contribution in [0.2, 0.25) is 5.02 Å². The molecule has 0 radical (unpaired) electrons. The number of thioether (sulfide) groups is 1. The van der Waals surface area contributed by atoms with E-state index >= 15 is 0 Å². The number of benzene rings is 2. The van der Waals surface area contributed by atoms with Gasteiger partial charge in [-0.1, -0.05) is 29.8 Å². The predicted octanol–water partition coefficient (Wildman–Crippen LogP) is 3.59. The van der Waals surface area contributed by atoms with Crippen molar-refractivity contribution in [3.8, 4) is 0 Å². The molecule has 0 spiro atoms. The highest BCUT2D eigenvalue weighted by atomic mass is 35.5. The number of hydrogen-bond donors (Lipinski definition) is 2. The summed E-state index contributed by atoms with van der Waals surface area (Å²) in [6, 6.07) is 11.7. The van der Waals surface area contributed by atoms with Gasteiger partial charge in [0.2, 0.25) is 5.91 Å². The van der Waals surface area contributed by atoms with E-state index < -0.39 is 17.8 Å². The van der Waals surface area contributed by atoms with Crippen LogP contribution in [-0.4, -0.2) is 23.8 Å². The molecule has 0 aliphatic carbocycles. The standard InChI is InChI=1S/C17H17ClFNO2S/c1-23-12-7-5-11(6-8-12)16(21)10-20-17(22)9-13-14(18)3-2-4-15(13)19/h2-8,16,21H,9-10H2,1H3,(H,20,22)/t16-/m0/s1. The zero-order valence-corrected chi connectivity index (χ0v) is 14.1. The fourth-order valence-electron chi connectivity index (χ4n) is 2.08. The fourth-order valence-corrected chi connectivity index (χ4v) is 2.72. The first-order valence-electron chi connectivity index (χ1n) is 7.03. The molecular weight excluding hydrogens is 337 g/mol. The summed E-state index contributed by atoms with van der Waals surface area (Å²) in [6.45, 7) is 0.0590. The van der Waals surface area contributed by atoms with E-state index in [4.69, 9.17) is 11.6 Å². The quantitative estimate of drug-likeness (QED) is 0.780. The number of carbonyl (C=O) groups excluding carboxylic acids is 1. The number of carbonyl (C=O) groups is 1. The molecule has 0 aliphatic rings. The van der Waals surface area contributed by atoms with Gasteiger partial charge in [0, 0.05) is 22.0 Å². The van der Waals surface area contributed by atoms with Gasteiger partial charge >= 0.3 is 0 Å². The second kappa shape index (κ2) is 8.34. The summed E-state index contributed by atoms with van der Waals surface area (Å²) >= 11 is 7.50. The second-order valence-corrected chi connectivity index (χ2v) is 6.26. The van der Waals surface area contributed by atoms with Crippen molar-refractivity contribution >= 4 is 29.3 Å². The lowest BCUT2D eigenvalue weighted by Crippen LogP contribution is -2.30. The highest BCUT2D eigenvalue weighted by molar-refractivity contribution is 7.98. The Labute approximate surface area is 143 Å². The van der Waals surface area contributed by atoms with E-state index in [1.165, 1.54) is 18.2 Å². The average Bonchev–Trinajstić information content (AvgIpc) is 2.56. The Balaban J connectivity index is 1.90. The van der Waals surface area contributed by atoms with E-state index in [1.54, 1.807) is 11.8 Å². The van der Waals surface area contributed by atoms with Crippen LogP contribution in [0.5, 0.6) is 0 Å². The van der Waals surface area contributed by atoms with Gasteiger partial charge in [0.15, 0.2) is 0 Å². The third-order valence-corrected chi connectivity index (χ3v) is 4.49. The van der Waals surface area contributed by atoms with Crippen molar-refractivity contribution in [2.24, 2.45) is 0 Å². The first kappa shape index (κ1) is 17.8. The molecule has 0 saturated carbocycles. The van der Waals surface area contributed by atoms with E-state index in [1.807, 2.05) is 30.5 Å². The van der Waals surface area contributed by atoms with Gasteiger partial charge in [-0.2, -0.15) is 0 Å². The van der Waals surface area contributed by atoms with Crippen molar-refractivity contribution in [2.75, 3.05) is 12.8 Å². The summed E-state index contributed by atoms with van der Waals surface area (Å²) < 4.78 is 13.6. The molecule has 1 amide bonds. The Hall–Kier alpha value is -1.56. The number of aliphatic hydroxyl groups is 1. The van der Waals surface area contributed by atoms with Gasteiger partial charge in [-0.25, -0.2) is 4.39 Å². The van der Waals surface area contributed by atoms with Gasteiger partial charge in [-0.3, -0.25) is 4.79 Å². The normalized spacial score (nSPS) is 12.0. The molecule has 2 N–H and O–H groups in total. The van der Waals surface area contributed by atoms with Gasteiger partial charge in [-0.15, -0.1) is 11.8 Å². The molecule has 3 nitrogen and oxygen atoms in total. The van der Waals surface area contributed by atoms with Gasteiger partial charge in [0.05, 0.1) is 12.5 Å². The van der Waals surface area contributed by atoms with E-state index in [-0.39, 0.29) is 23.6 Å². The van der Waals surface area contributed by atoms with Gasteiger partial charge in [-0.05, 0) is 36.1 Å². The molecule has 1 atom stereocenters. The number of amides is 1. The summed E-state index contributed by atoms with van der Waals surface area (Å²) in [6.07, 6.45) is 0.995. The summed E-state index contributed by atoms with van der Waals surface area (Å²) in [4.78, 5) is 13.0. The molecular formula is C17H17ClFNO2S. The summed E-state index contributed by atoms with van der Waals surface area (Å²) in [5, 5.41) is 12.9. The molecule has 122 valence electrons. The molecule has 0 bridgehead atoms. The van der Waals surface area contributed by atoms with Gasteiger partial charge in [0.25, 0.3) is 0 Å². The van der Waals surface area contributed by atoms with Crippen LogP contribution in [-0.2, 0) is 11.2 Å². The topological polar surface area (TPSA) is 49.3 Å². The highest BCUT2D eigenvalue weighted by Gasteiger charge is 2.14. The van der Waals surface area contributed by atoms with Crippen molar-refractivity contribution in [1.29, 1.82) is 0 Å². The fraction of sp³-hybridized carbons (Fsp3) is 0.235. The lowest BCUT2D eigenvalue weighted by Gasteiger charge is -2.13. The van der Waals surface area contributed by atoms with Crippen LogP contribution >= 0.6 is 23.4 Å². The van der Waals surface area contributed by atoms with Crippen molar-refractivity contribution in [3.05, 3.63) is 64.4 Å². The van der Waals surface area contributed by atoms with Crippen molar-refractivity contribution in [1.82, 2.24) is 5.32 Å². The lowest BCUT2D eigenvalue weighted by atomic mass is 10.1. The number of rotatable bonds is 6. The lowest BCUT2D eigenvalue weighted by molar-refractivity contribution is -0.120. The number of hydrogen-bond acceptors (Lipinski definition) is 3. The second-order valence-electron chi connectivity index (χ2n) is 4.97. The Bertz CT molecular complexity index is 659. The molecule has 0 heterocycles. The molecule has 0 aromatic heterocycles. The third kappa shape index (κ3) is 4.96. The molecule has 23 heavy (non-hydrogen) atoms. The van der Waals surface area contributed by atoms with Crippen molar-refractivity contribution < 1.29 is 14.3 Å². The summed E-state index contributed by atoms with van der Waals surface area (Å²) in [7, 11) is 0. The smallest absolute Gasteiger partial charge is 0.224 e. The monoisotopic (exact) mass is 353 g/mol. The largest absolute Gasteiger partial charge is 0.387 e. The van der Waals surface area contributed by atoms with Crippen LogP contribution < -0.4 is 5.32 Å². The maximum Gasteiger partial charge on any atom is 0.224 e. The summed E-state index contributed by atoms with van der Waals surface area (Å²) in [5.41, 5.74) is 0.873. The van der Waals surface area contributed by atoms with Crippen molar-refractivity contribution in [3.63, 3.8) is 0 Å². The molecule has 0 aliphatic heterocycles. The van der Waals surface area contributed by atoms with Crippen LogP contribution in [0.4, 0.5) is 4.39 Å². The highest BCUT2D eigenvalue weighted by Crippen LogP contribution is 2.20. The maximum absolute atomic E-state index is 13.6. The average molecular weight is 354 g/mol. The molecule has 0 fully saturated rings. The van der Waals surface area contributed by atoms with Crippen LogP contribution in [0.3, 0.4) is 0 Å². The first-order valence-corrected chi connectivity index (χ1v) is 8.63. The minimum absolute atomic E-state index is 0.0590. The molecule has 0 unspecified atom stereocenters. The number of nitrogens with one attached hydrogen (secondary N) is 1. The SMILES string of the molecule is CSc1ccc([C@@H](O)CNC(=O)Cc2c(F)cccc2Cl)cc1. The number of halogens is 2. The Morgan fingerprint density at radius 1 is 1.30 bits per heavy atom. The predicted molar refractivity (Wildman–Crippen MR) is 91.3 cm³/mol. The van der Waals surface area contributed by atoms with Crippen LogP contribution in [0.15, 0.2) is 47.4 Å². The Morgan fingerprint density at radius 2 is 2.00 bits per heavy atom.